The first-order chi connectivity index (χ1) is 13.2. The van der Waals surface area contributed by atoms with Crippen molar-refractivity contribution in [3.8, 4) is 17.2 Å². The fraction of sp³-hybridized carbons (Fsp3) is 0.167. The van der Waals surface area contributed by atoms with Crippen molar-refractivity contribution < 1.29 is 41.0 Å². The maximum absolute atomic E-state index is 12.3. The van der Waals surface area contributed by atoms with Crippen LogP contribution >= 0.6 is 0 Å². The van der Waals surface area contributed by atoms with Gasteiger partial charge in [0.05, 0.1) is 7.11 Å². The molecule has 0 saturated heterocycles. The molecule has 5 nitrogen and oxygen atoms in total. The number of methoxy groups -OCH3 is 1. The molecule has 150 valence electrons. The van der Waals surface area contributed by atoms with Crippen LogP contribution in [0.2, 0.25) is 0 Å². The zero-order valence-electron chi connectivity index (χ0n) is 14.3. The predicted octanol–water partition coefficient (Wildman–Crippen LogP) is 4.85. The Kier molecular flexibility index (Phi) is 6.80. The average molecular weight is 403 g/mol. The first-order valence-electron chi connectivity index (χ1n) is 7.64. The maximum Gasteiger partial charge on any atom is 0.573 e. The standard InChI is InChI=1S/C18H14F5NO4/c1-26-15-10-11(2-8-14(15)27-17(19)20)3-9-16(25)24-12-4-6-13(7-5-12)28-18(21,22)23/h2-10,17H,1H3,(H,24,25)/b9-3+. The summed E-state index contributed by atoms with van der Waals surface area (Å²) in [6.45, 7) is -3.01. The molecule has 1 N–H and O–H groups in total. The van der Waals surface area contributed by atoms with Crippen LogP contribution in [-0.4, -0.2) is 26.0 Å². The van der Waals surface area contributed by atoms with Gasteiger partial charge >= 0.3 is 13.0 Å². The van der Waals surface area contributed by atoms with Gasteiger partial charge in [-0.15, -0.1) is 13.2 Å². The number of hydrogen-bond donors (Lipinski definition) is 1. The van der Waals surface area contributed by atoms with Crippen LogP contribution in [0.25, 0.3) is 6.08 Å². The summed E-state index contributed by atoms with van der Waals surface area (Å²) in [5.74, 6) is -1.07. The van der Waals surface area contributed by atoms with E-state index in [1.807, 2.05) is 0 Å². The van der Waals surface area contributed by atoms with Gasteiger partial charge in [0.1, 0.15) is 5.75 Å². The summed E-state index contributed by atoms with van der Waals surface area (Å²) in [6.07, 6.45) is -2.25. The van der Waals surface area contributed by atoms with Gasteiger partial charge in [0.15, 0.2) is 11.5 Å². The fourth-order valence-electron chi connectivity index (χ4n) is 2.08. The van der Waals surface area contributed by atoms with Crippen molar-refractivity contribution in [1.29, 1.82) is 0 Å². The SMILES string of the molecule is COc1cc(/C=C/C(=O)Nc2ccc(OC(F)(F)F)cc2)ccc1OC(F)F. The molecule has 10 heteroatoms. The van der Waals surface area contributed by atoms with Gasteiger partial charge in [-0.25, -0.2) is 0 Å². The summed E-state index contributed by atoms with van der Waals surface area (Å²) >= 11 is 0. The van der Waals surface area contributed by atoms with E-state index in [-0.39, 0.29) is 17.2 Å². The second-order valence-corrected chi connectivity index (χ2v) is 5.18. The second kappa shape index (κ2) is 9.07. The molecular formula is C18H14F5NO4. The summed E-state index contributed by atoms with van der Waals surface area (Å²) in [5, 5.41) is 2.45. The Morgan fingerprint density at radius 1 is 1.07 bits per heavy atom. The van der Waals surface area contributed by atoms with E-state index in [0.717, 1.165) is 18.2 Å². The van der Waals surface area contributed by atoms with Crippen molar-refractivity contribution in [1.82, 2.24) is 0 Å². The smallest absolute Gasteiger partial charge is 0.493 e. The van der Waals surface area contributed by atoms with Crippen LogP contribution in [0.1, 0.15) is 5.56 Å². The van der Waals surface area contributed by atoms with Crippen LogP contribution in [0, 0.1) is 0 Å². The van der Waals surface area contributed by atoms with Gasteiger partial charge in [-0.1, -0.05) is 6.07 Å². The van der Waals surface area contributed by atoms with Crippen LogP contribution in [0.5, 0.6) is 17.2 Å². The minimum Gasteiger partial charge on any atom is -0.493 e. The number of carbonyl (C=O) groups is 1. The summed E-state index contributed by atoms with van der Waals surface area (Å²) in [6, 6.07) is 8.69. The number of alkyl halides is 5. The first-order valence-corrected chi connectivity index (χ1v) is 7.64. The minimum atomic E-state index is -4.80. The number of benzene rings is 2. The lowest BCUT2D eigenvalue weighted by molar-refractivity contribution is -0.274. The molecule has 0 aromatic heterocycles. The molecule has 0 saturated carbocycles. The molecule has 0 atom stereocenters. The molecule has 0 fully saturated rings. The first kappa shape index (κ1) is 21.0. The van der Waals surface area contributed by atoms with E-state index in [0.29, 0.717) is 5.56 Å². The largest absolute Gasteiger partial charge is 0.573 e. The third kappa shape index (κ3) is 6.78. The third-order valence-corrected chi connectivity index (χ3v) is 3.19. The molecular weight excluding hydrogens is 389 g/mol. The number of anilines is 1. The fourth-order valence-corrected chi connectivity index (χ4v) is 2.08. The Labute approximate surface area is 156 Å². The van der Waals surface area contributed by atoms with Gasteiger partial charge in [0.25, 0.3) is 0 Å². The lowest BCUT2D eigenvalue weighted by Crippen LogP contribution is -2.17. The Balaban J connectivity index is 1.99. The number of rotatable bonds is 7. The molecule has 0 bridgehead atoms. The average Bonchev–Trinajstić information content (AvgIpc) is 2.61. The molecule has 0 aliphatic heterocycles. The van der Waals surface area contributed by atoms with Crippen LogP contribution in [-0.2, 0) is 4.79 Å². The Morgan fingerprint density at radius 2 is 1.75 bits per heavy atom. The Hall–Kier alpha value is -3.30. The number of nitrogens with one attached hydrogen (secondary N) is 1. The van der Waals surface area contributed by atoms with E-state index in [1.165, 1.54) is 43.5 Å². The van der Waals surface area contributed by atoms with Gasteiger partial charge in [-0.05, 0) is 48.0 Å². The van der Waals surface area contributed by atoms with E-state index >= 15 is 0 Å². The van der Waals surface area contributed by atoms with Crippen molar-refractivity contribution in [2.45, 2.75) is 13.0 Å². The van der Waals surface area contributed by atoms with Crippen molar-refractivity contribution in [2.75, 3.05) is 12.4 Å². The molecule has 0 aliphatic rings. The molecule has 28 heavy (non-hydrogen) atoms. The molecule has 0 aliphatic carbocycles. The van der Waals surface area contributed by atoms with E-state index in [9.17, 15) is 26.7 Å². The summed E-state index contributed by atoms with van der Waals surface area (Å²) in [4.78, 5) is 11.9. The van der Waals surface area contributed by atoms with Gasteiger partial charge < -0.3 is 19.5 Å². The molecule has 0 radical (unpaired) electrons. The van der Waals surface area contributed by atoms with Crippen molar-refractivity contribution in [3.05, 3.63) is 54.1 Å². The van der Waals surface area contributed by atoms with Crippen LogP contribution in [0.3, 0.4) is 0 Å². The molecule has 2 rings (SSSR count). The van der Waals surface area contributed by atoms with E-state index < -0.39 is 24.6 Å². The number of amides is 1. The molecule has 0 heterocycles. The highest BCUT2D eigenvalue weighted by molar-refractivity contribution is 6.01. The third-order valence-electron chi connectivity index (χ3n) is 3.19. The lowest BCUT2D eigenvalue weighted by atomic mass is 10.2. The lowest BCUT2D eigenvalue weighted by Gasteiger charge is -2.10. The topological polar surface area (TPSA) is 56.8 Å². The summed E-state index contributed by atoms with van der Waals surface area (Å²) in [5.41, 5.74) is 0.727. The van der Waals surface area contributed by atoms with E-state index in [4.69, 9.17) is 4.74 Å². The Bertz CT molecular complexity index is 835. The summed E-state index contributed by atoms with van der Waals surface area (Å²) in [7, 11) is 1.28. The van der Waals surface area contributed by atoms with Gasteiger partial charge in [0, 0.05) is 11.8 Å². The van der Waals surface area contributed by atoms with E-state index in [1.54, 1.807) is 0 Å². The number of halogens is 5. The normalized spacial score (nSPS) is 11.5. The quantitative estimate of drug-likeness (QED) is 0.531. The van der Waals surface area contributed by atoms with E-state index in [2.05, 4.69) is 14.8 Å². The van der Waals surface area contributed by atoms with Gasteiger partial charge in [-0.2, -0.15) is 8.78 Å². The number of hydrogen-bond acceptors (Lipinski definition) is 4. The van der Waals surface area contributed by atoms with Crippen LogP contribution in [0.15, 0.2) is 48.5 Å². The Morgan fingerprint density at radius 3 is 2.32 bits per heavy atom. The highest BCUT2D eigenvalue weighted by atomic mass is 19.4. The maximum atomic E-state index is 12.3. The highest BCUT2D eigenvalue weighted by Crippen LogP contribution is 2.30. The van der Waals surface area contributed by atoms with Gasteiger partial charge in [-0.3, -0.25) is 4.79 Å². The molecule has 2 aromatic rings. The molecule has 0 spiro atoms. The van der Waals surface area contributed by atoms with Crippen LogP contribution in [0.4, 0.5) is 27.6 Å². The van der Waals surface area contributed by atoms with Gasteiger partial charge in [0.2, 0.25) is 5.91 Å². The summed E-state index contributed by atoms with van der Waals surface area (Å²) < 4.78 is 73.9. The zero-order chi connectivity index (χ0) is 20.7. The molecule has 2 aromatic carbocycles. The minimum absolute atomic E-state index is 0.0584. The highest BCUT2D eigenvalue weighted by Gasteiger charge is 2.30. The second-order valence-electron chi connectivity index (χ2n) is 5.18. The monoisotopic (exact) mass is 403 g/mol. The van der Waals surface area contributed by atoms with Crippen molar-refractivity contribution in [2.24, 2.45) is 0 Å². The zero-order valence-corrected chi connectivity index (χ0v) is 14.3. The van der Waals surface area contributed by atoms with Crippen LogP contribution < -0.4 is 19.5 Å². The van der Waals surface area contributed by atoms with Crippen molar-refractivity contribution >= 4 is 17.7 Å². The van der Waals surface area contributed by atoms with Crippen molar-refractivity contribution in [3.63, 3.8) is 0 Å². The molecule has 0 unspecified atom stereocenters. The number of carbonyl (C=O) groups excluding carboxylic acids is 1. The number of ether oxygens (including phenoxy) is 3. The molecule has 1 amide bonds. The predicted molar refractivity (Wildman–Crippen MR) is 90.4 cm³/mol.